The SMILES string of the molecule is C#CNCC.C=C(c1cc(C)c(C)cc1C)N1Cc2ccccc2C1. The highest BCUT2D eigenvalue weighted by molar-refractivity contribution is 5.67. The first kappa shape index (κ1) is 18.7. The molecule has 1 aliphatic rings. The first-order valence-corrected chi connectivity index (χ1v) is 8.75. The topological polar surface area (TPSA) is 15.3 Å². The summed E-state index contributed by atoms with van der Waals surface area (Å²) in [6.45, 7) is 15.6. The maximum Gasteiger partial charge on any atom is 0.0436 e. The van der Waals surface area contributed by atoms with Crippen LogP contribution in [0.3, 0.4) is 0 Å². The van der Waals surface area contributed by atoms with Gasteiger partial charge in [0.25, 0.3) is 0 Å². The van der Waals surface area contributed by atoms with Gasteiger partial charge in [-0.25, -0.2) is 0 Å². The van der Waals surface area contributed by atoms with Crippen molar-refractivity contribution in [2.45, 2.75) is 40.8 Å². The fraction of sp³-hybridized carbons (Fsp3) is 0.304. The average molecular weight is 332 g/mol. The number of terminal acetylenes is 1. The Kier molecular flexibility index (Phi) is 6.31. The number of hydrogen-bond donors (Lipinski definition) is 1. The van der Waals surface area contributed by atoms with Crippen LogP contribution in [0.2, 0.25) is 0 Å². The van der Waals surface area contributed by atoms with Gasteiger partial charge in [-0.2, -0.15) is 0 Å². The van der Waals surface area contributed by atoms with Crippen LogP contribution in [-0.4, -0.2) is 11.4 Å². The zero-order chi connectivity index (χ0) is 18.4. The fourth-order valence-electron chi connectivity index (χ4n) is 3.07. The molecule has 0 spiro atoms. The molecule has 0 fully saturated rings. The molecule has 0 atom stereocenters. The molecule has 0 saturated heterocycles. The third kappa shape index (κ3) is 4.45. The third-order valence-electron chi connectivity index (χ3n) is 4.65. The molecule has 1 N–H and O–H groups in total. The van der Waals surface area contributed by atoms with E-state index in [0.29, 0.717) is 0 Å². The minimum Gasteiger partial charge on any atom is -0.363 e. The molecule has 25 heavy (non-hydrogen) atoms. The number of nitrogens with one attached hydrogen (secondary N) is 1. The number of nitrogens with zero attached hydrogens (tertiary/aromatic N) is 1. The third-order valence-corrected chi connectivity index (χ3v) is 4.65. The van der Waals surface area contributed by atoms with E-state index in [0.717, 1.165) is 25.3 Å². The van der Waals surface area contributed by atoms with Crippen LogP contribution in [-0.2, 0) is 13.1 Å². The van der Waals surface area contributed by atoms with Gasteiger partial charge in [0.05, 0.1) is 0 Å². The van der Waals surface area contributed by atoms with E-state index in [9.17, 15) is 0 Å². The van der Waals surface area contributed by atoms with Gasteiger partial charge < -0.3 is 10.2 Å². The molecule has 0 unspecified atom stereocenters. The van der Waals surface area contributed by atoms with Crippen molar-refractivity contribution in [2.75, 3.05) is 6.54 Å². The van der Waals surface area contributed by atoms with Gasteiger partial charge in [-0.3, -0.25) is 0 Å². The van der Waals surface area contributed by atoms with E-state index in [4.69, 9.17) is 6.42 Å². The standard InChI is InChI=1S/C19H21N.C4H7N/c1-13-9-15(3)19(10-14(13)2)16(4)20-11-17-7-5-6-8-18(17)12-20;1-3-5-4-2/h5-10H,4,11-12H2,1-3H3;1,5H,4H2,2H3. The first-order chi connectivity index (χ1) is 12.0. The molecule has 3 rings (SSSR count). The first-order valence-electron chi connectivity index (χ1n) is 8.75. The lowest BCUT2D eigenvalue weighted by atomic mass is 9.98. The van der Waals surface area contributed by atoms with Crippen LogP contribution in [0.4, 0.5) is 0 Å². The summed E-state index contributed by atoms with van der Waals surface area (Å²) in [5.74, 6) is 0. The van der Waals surface area contributed by atoms with Gasteiger partial charge >= 0.3 is 0 Å². The van der Waals surface area contributed by atoms with E-state index in [1.165, 1.54) is 33.4 Å². The van der Waals surface area contributed by atoms with E-state index in [1.54, 1.807) is 0 Å². The summed E-state index contributed by atoms with van der Waals surface area (Å²) >= 11 is 0. The van der Waals surface area contributed by atoms with E-state index in [2.05, 4.69) is 80.0 Å². The second-order valence-electron chi connectivity index (χ2n) is 6.50. The average Bonchev–Trinajstić information content (AvgIpc) is 3.03. The quantitative estimate of drug-likeness (QED) is 0.642. The molecular weight excluding hydrogens is 304 g/mol. The lowest BCUT2D eigenvalue weighted by Crippen LogP contribution is -2.14. The van der Waals surface area contributed by atoms with Gasteiger partial charge in [0, 0.05) is 36.9 Å². The molecular formula is C23H28N2. The molecule has 0 saturated carbocycles. The van der Waals surface area contributed by atoms with Crippen LogP contribution in [0.1, 0.15) is 40.3 Å². The molecule has 2 heteroatoms. The predicted octanol–water partition coefficient (Wildman–Crippen LogP) is 4.78. The van der Waals surface area contributed by atoms with Crippen molar-refractivity contribution < 1.29 is 0 Å². The summed E-state index contributed by atoms with van der Waals surface area (Å²) in [7, 11) is 0. The highest BCUT2D eigenvalue weighted by Crippen LogP contribution is 2.31. The molecule has 0 radical (unpaired) electrons. The molecule has 0 aromatic heterocycles. The normalized spacial score (nSPS) is 11.9. The van der Waals surface area contributed by atoms with Crippen molar-refractivity contribution in [3.8, 4) is 12.5 Å². The summed E-state index contributed by atoms with van der Waals surface area (Å²) in [6, 6.07) is 15.5. The number of rotatable bonds is 3. The second-order valence-corrected chi connectivity index (χ2v) is 6.50. The van der Waals surface area contributed by atoms with Gasteiger partial charge in [0.1, 0.15) is 0 Å². The van der Waals surface area contributed by atoms with Gasteiger partial charge in [0.2, 0.25) is 0 Å². The summed E-state index contributed by atoms with van der Waals surface area (Å²) in [5, 5.41) is 2.64. The maximum absolute atomic E-state index is 4.78. The van der Waals surface area contributed by atoms with E-state index in [1.807, 2.05) is 6.92 Å². The van der Waals surface area contributed by atoms with E-state index in [-0.39, 0.29) is 0 Å². The van der Waals surface area contributed by atoms with Crippen molar-refractivity contribution in [3.63, 3.8) is 0 Å². The molecule has 0 bridgehead atoms. The molecule has 0 amide bonds. The van der Waals surface area contributed by atoms with Gasteiger partial charge in [0.15, 0.2) is 0 Å². The Morgan fingerprint density at radius 1 is 1.08 bits per heavy atom. The molecule has 1 aliphatic heterocycles. The van der Waals surface area contributed by atoms with Crippen molar-refractivity contribution >= 4 is 5.70 Å². The summed E-state index contributed by atoms with van der Waals surface area (Å²) < 4.78 is 0. The highest BCUT2D eigenvalue weighted by atomic mass is 15.1. The smallest absolute Gasteiger partial charge is 0.0436 e. The lowest BCUT2D eigenvalue weighted by molar-refractivity contribution is 0.423. The van der Waals surface area contributed by atoms with E-state index < -0.39 is 0 Å². The number of hydrogen-bond acceptors (Lipinski definition) is 2. The number of benzene rings is 2. The van der Waals surface area contributed by atoms with Crippen LogP contribution in [0, 0.1) is 33.2 Å². The van der Waals surface area contributed by atoms with Crippen molar-refractivity contribution in [1.82, 2.24) is 10.2 Å². The second kappa shape index (κ2) is 8.44. The molecule has 0 aliphatic carbocycles. The number of fused-ring (bicyclic) bond motifs is 1. The van der Waals surface area contributed by atoms with Crippen LogP contribution < -0.4 is 5.32 Å². The highest BCUT2D eigenvalue weighted by Gasteiger charge is 2.21. The monoisotopic (exact) mass is 332 g/mol. The van der Waals surface area contributed by atoms with Gasteiger partial charge in [-0.15, -0.1) is 0 Å². The molecule has 1 heterocycles. The Hall–Kier alpha value is -2.66. The van der Waals surface area contributed by atoms with Crippen molar-refractivity contribution in [3.05, 3.63) is 76.4 Å². The Morgan fingerprint density at radius 3 is 2.12 bits per heavy atom. The Labute approximate surface area is 152 Å². The van der Waals surface area contributed by atoms with Crippen LogP contribution >= 0.6 is 0 Å². The van der Waals surface area contributed by atoms with Gasteiger partial charge in [-0.1, -0.05) is 43.3 Å². The van der Waals surface area contributed by atoms with E-state index >= 15 is 0 Å². The van der Waals surface area contributed by atoms with Crippen molar-refractivity contribution in [2.24, 2.45) is 0 Å². The minimum absolute atomic E-state index is 0.858. The van der Waals surface area contributed by atoms with Crippen LogP contribution in [0.15, 0.2) is 43.0 Å². The lowest BCUT2D eigenvalue weighted by Gasteiger charge is -2.23. The van der Waals surface area contributed by atoms with Gasteiger partial charge in [-0.05, 0) is 61.6 Å². The molecule has 130 valence electrons. The Morgan fingerprint density at radius 2 is 1.64 bits per heavy atom. The summed E-state index contributed by atoms with van der Waals surface area (Å²) in [4.78, 5) is 2.38. The zero-order valence-corrected chi connectivity index (χ0v) is 15.8. The summed E-state index contributed by atoms with van der Waals surface area (Å²) in [6.07, 6.45) is 4.78. The molecule has 2 aromatic rings. The minimum atomic E-state index is 0.858. The number of aryl methyl sites for hydroxylation is 3. The predicted molar refractivity (Wildman–Crippen MR) is 108 cm³/mol. The van der Waals surface area contributed by atoms with Crippen LogP contribution in [0.25, 0.3) is 5.70 Å². The maximum atomic E-state index is 4.78. The fourth-order valence-corrected chi connectivity index (χ4v) is 3.07. The van der Waals surface area contributed by atoms with Crippen LogP contribution in [0.5, 0.6) is 0 Å². The Balaban J connectivity index is 0.000000399. The Bertz CT molecular complexity index is 771. The summed E-state index contributed by atoms with van der Waals surface area (Å²) in [5.41, 5.74) is 9.27. The molecule has 2 nitrogen and oxygen atoms in total. The molecule has 2 aromatic carbocycles. The largest absolute Gasteiger partial charge is 0.363 e. The van der Waals surface area contributed by atoms with Crippen molar-refractivity contribution in [1.29, 1.82) is 0 Å². The zero-order valence-electron chi connectivity index (χ0n) is 15.8.